The summed E-state index contributed by atoms with van der Waals surface area (Å²) in [5, 5.41) is 2.36. The molecule has 0 saturated carbocycles. The minimum absolute atomic E-state index is 0.207. The summed E-state index contributed by atoms with van der Waals surface area (Å²) in [6.45, 7) is 3.04. The number of allylic oxidation sites excluding steroid dienone is 1. The predicted molar refractivity (Wildman–Crippen MR) is 115 cm³/mol. The van der Waals surface area contributed by atoms with Gasteiger partial charge in [0.1, 0.15) is 0 Å². The van der Waals surface area contributed by atoms with Crippen LogP contribution in [-0.2, 0) is 16.1 Å². The van der Waals surface area contributed by atoms with Gasteiger partial charge in [-0.1, -0.05) is 42.5 Å². The normalized spacial score (nSPS) is 12.1. The van der Waals surface area contributed by atoms with Gasteiger partial charge in [-0.3, -0.25) is 4.79 Å². The summed E-state index contributed by atoms with van der Waals surface area (Å²) in [6, 6.07) is 24.0. The Morgan fingerprint density at radius 3 is 2.50 bits per heavy atom. The second-order valence-corrected chi connectivity index (χ2v) is 6.39. The maximum Gasteiger partial charge on any atom is 0.185 e. The first-order valence-corrected chi connectivity index (χ1v) is 9.22. The molecule has 1 aromatic heterocycles. The van der Waals surface area contributed by atoms with Crippen LogP contribution in [0.15, 0.2) is 83.5 Å². The van der Waals surface area contributed by atoms with E-state index in [0.29, 0.717) is 6.29 Å². The van der Waals surface area contributed by atoms with Gasteiger partial charge in [-0.05, 0) is 48.9 Å². The zero-order valence-electron chi connectivity index (χ0n) is 15.6. The van der Waals surface area contributed by atoms with E-state index in [9.17, 15) is 4.79 Å². The van der Waals surface area contributed by atoms with E-state index in [1.165, 1.54) is 22.8 Å². The molecule has 4 aromatic rings. The van der Waals surface area contributed by atoms with E-state index in [-0.39, 0.29) is 5.76 Å². The summed E-state index contributed by atoms with van der Waals surface area (Å²) in [6.07, 6.45) is 3.70. The van der Waals surface area contributed by atoms with E-state index >= 15 is 0 Å². The second kappa shape index (κ2) is 7.92. The van der Waals surface area contributed by atoms with Crippen LogP contribution < -0.4 is 0 Å². The maximum atomic E-state index is 11.4. The molecule has 138 valence electrons. The number of para-hydroxylation sites is 2. The third-order valence-corrected chi connectivity index (χ3v) is 4.68. The molecule has 0 unspecified atom stereocenters. The molecule has 4 nitrogen and oxygen atoms in total. The van der Waals surface area contributed by atoms with Gasteiger partial charge in [-0.2, -0.15) is 0 Å². The zero-order valence-corrected chi connectivity index (χ0v) is 15.6. The van der Waals surface area contributed by atoms with Crippen molar-refractivity contribution >= 4 is 46.3 Å². The summed E-state index contributed by atoms with van der Waals surface area (Å²) in [5.41, 5.74) is 4.06. The van der Waals surface area contributed by atoms with Crippen molar-refractivity contribution in [2.45, 2.75) is 13.5 Å². The van der Waals surface area contributed by atoms with Crippen molar-refractivity contribution in [3.8, 4) is 0 Å². The van der Waals surface area contributed by atoms with Crippen LogP contribution in [-0.4, -0.2) is 17.3 Å². The van der Waals surface area contributed by atoms with Gasteiger partial charge >= 0.3 is 0 Å². The summed E-state index contributed by atoms with van der Waals surface area (Å²) < 4.78 is 7.71. The van der Waals surface area contributed by atoms with Gasteiger partial charge in [0, 0.05) is 28.4 Å². The molecular formula is C24H20N2O2. The SMILES string of the molecule is CCn1c2ccccc2c2cc(/C=C(\C=O)O/C=N\c3ccccc3)ccc21. The Hall–Kier alpha value is -3.66. The molecular weight excluding hydrogens is 348 g/mol. The summed E-state index contributed by atoms with van der Waals surface area (Å²) in [7, 11) is 0. The van der Waals surface area contributed by atoms with Crippen LogP contribution in [0.1, 0.15) is 12.5 Å². The smallest absolute Gasteiger partial charge is 0.185 e. The van der Waals surface area contributed by atoms with Crippen LogP contribution in [0.25, 0.3) is 27.9 Å². The van der Waals surface area contributed by atoms with Crippen LogP contribution in [0.5, 0.6) is 0 Å². The van der Waals surface area contributed by atoms with Crippen LogP contribution >= 0.6 is 0 Å². The van der Waals surface area contributed by atoms with Crippen molar-refractivity contribution in [2.24, 2.45) is 4.99 Å². The van der Waals surface area contributed by atoms with Crippen molar-refractivity contribution in [3.63, 3.8) is 0 Å². The molecule has 0 spiro atoms. The van der Waals surface area contributed by atoms with E-state index in [1.54, 1.807) is 6.08 Å². The quantitative estimate of drug-likeness (QED) is 0.143. The molecule has 4 rings (SSSR count). The Morgan fingerprint density at radius 2 is 1.71 bits per heavy atom. The molecule has 3 aromatic carbocycles. The molecule has 0 aliphatic rings. The fourth-order valence-electron chi connectivity index (χ4n) is 3.42. The molecule has 0 aliphatic carbocycles. The fraction of sp³-hybridized carbons (Fsp3) is 0.0833. The third-order valence-electron chi connectivity index (χ3n) is 4.68. The van der Waals surface area contributed by atoms with Crippen molar-refractivity contribution in [1.29, 1.82) is 0 Å². The molecule has 0 fully saturated rings. The predicted octanol–water partition coefficient (Wildman–Crippen LogP) is 5.73. The lowest BCUT2D eigenvalue weighted by molar-refractivity contribution is -0.106. The number of nitrogens with zero attached hydrogens (tertiary/aromatic N) is 2. The Bertz CT molecular complexity index is 1190. The highest BCUT2D eigenvalue weighted by atomic mass is 16.5. The number of carbonyl (C=O) groups is 1. The van der Waals surface area contributed by atoms with Gasteiger partial charge in [0.25, 0.3) is 0 Å². The highest BCUT2D eigenvalue weighted by Gasteiger charge is 2.09. The van der Waals surface area contributed by atoms with Crippen LogP contribution in [0.4, 0.5) is 5.69 Å². The Kier molecular flexibility index (Phi) is 5.02. The number of hydrogen-bond donors (Lipinski definition) is 0. The number of ether oxygens (including phenoxy) is 1. The standard InChI is InChI=1S/C24H20N2O2/c1-2-26-23-11-7-6-10-21(23)22-15-18(12-13-24(22)26)14-20(16-27)28-17-25-19-8-4-3-5-9-19/h3-17H,2H2,1H3/b20-14+,25-17-. The monoisotopic (exact) mass is 368 g/mol. The van der Waals surface area contributed by atoms with Crippen LogP contribution in [0, 0.1) is 0 Å². The summed E-state index contributed by atoms with van der Waals surface area (Å²) in [5.74, 6) is 0.207. The molecule has 0 N–H and O–H groups in total. The van der Waals surface area contributed by atoms with Crippen LogP contribution in [0.2, 0.25) is 0 Å². The number of rotatable bonds is 6. The lowest BCUT2D eigenvalue weighted by Crippen LogP contribution is -1.93. The topological polar surface area (TPSA) is 43.6 Å². The fourth-order valence-corrected chi connectivity index (χ4v) is 3.42. The van der Waals surface area contributed by atoms with Crippen molar-refractivity contribution in [1.82, 2.24) is 4.57 Å². The van der Waals surface area contributed by atoms with Gasteiger partial charge in [-0.25, -0.2) is 4.99 Å². The van der Waals surface area contributed by atoms with Gasteiger partial charge in [0.15, 0.2) is 18.4 Å². The minimum atomic E-state index is 0.207. The second-order valence-electron chi connectivity index (χ2n) is 6.39. The lowest BCUT2D eigenvalue weighted by Gasteiger charge is -2.03. The Morgan fingerprint density at radius 1 is 0.964 bits per heavy atom. The summed E-state index contributed by atoms with van der Waals surface area (Å²) >= 11 is 0. The number of hydrogen-bond acceptors (Lipinski definition) is 3. The average Bonchev–Trinajstić information content (AvgIpc) is 3.07. The number of aldehydes is 1. The highest BCUT2D eigenvalue weighted by molar-refractivity contribution is 6.08. The van der Waals surface area contributed by atoms with Gasteiger partial charge in [0.05, 0.1) is 5.69 Å². The molecule has 0 radical (unpaired) electrons. The van der Waals surface area contributed by atoms with Crippen molar-refractivity contribution < 1.29 is 9.53 Å². The Balaban J connectivity index is 1.67. The third kappa shape index (κ3) is 3.45. The van der Waals surface area contributed by atoms with E-state index in [1.807, 2.05) is 42.5 Å². The molecule has 28 heavy (non-hydrogen) atoms. The number of aromatic nitrogens is 1. The van der Waals surface area contributed by atoms with Crippen molar-refractivity contribution in [2.75, 3.05) is 0 Å². The first-order chi connectivity index (χ1) is 13.8. The van der Waals surface area contributed by atoms with Crippen LogP contribution in [0.3, 0.4) is 0 Å². The van der Waals surface area contributed by atoms with Crippen molar-refractivity contribution in [3.05, 3.63) is 84.1 Å². The molecule has 0 amide bonds. The molecule has 0 saturated heterocycles. The van der Waals surface area contributed by atoms with Gasteiger partial charge in [-0.15, -0.1) is 0 Å². The van der Waals surface area contributed by atoms with Gasteiger partial charge in [0.2, 0.25) is 0 Å². The van der Waals surface area contributed by atoms with E-state index in [0.717, 1.165) is 23.2 Å². The van der Waals surface area contributed by atoms with E-state index in [4.69, 9.17) is 4.74 Å². The maximum absolute atomic E-state index is 11.4. The first kappa shape index (κ1) is 17.7. The number of fused-ring (bicyclic) bond motifs is 3. The average molecular weight is 368 g/mol. The molecule has 0 bridgehead atoms. The molecule has 0 atom stereocenters. The first-order valence-electron chi connectivity index (χ1n) is 9.22. The highest BCUT2D eigenvalue weighted by Crippen LogP contribution is 2.30. The zero-order chi connectivity index (χ0) is 19.3. The summed E-state index contributed by atoms with van der Waals surface area (Å²) in [4.78, 5) is 15.6. The number of benzene rings is 3. The largest absolute Gasteiger partial charge is 0.442 e. The molecule has 4 heteroatoms. The number of carbonyl (C=O) groups excluding carboxylic acids is 1. The molecule has 0 aliphatic heterocycles. The minimum Gasteiger partial charge on any atom is -0.442 e. The van der Waals surface area contributed by atoms with E-state index < -0.39 is 0 Å². The van der Waals surface area contributed by atoms with E-state index in [2.05, 4.69) is 46.8 Å². The lowest BCUT2D eigenvalue weighted by atomic mass is 10.1. The Labute approximate surface area is 163 Å². The number of aliphatic imine (C=N–C) groups is 1. The molecule has 1 heterocycles. The number of aryl methyl sites for hydroxylation is 1. The van der Waals surface area contributed by atoms with Gasteiger partial charge < -0.3 is 9.30 Å².